The number of anilines is 2. The van der Waals surface area contributed by atoms with E-state index in [1.54, 1.807) is 18.6 Å². The fourth-order valence-electron chi connectivity index (χ4n) is 3.10. The molecule has 4 aromatic rings. The quantitative estimate of drug-likeness (QED) is 0.287. The van der Waals surface area contributed by atoms with Crippen LogP contribution in [0.25, 0.3) is 22.2 Å². The van der Waals surface area contributed by atoms with Crippen LogP contribution in [0.5, 0.6) is 0 Å². The van der Waals surface area contributed by atoms with E-state index in [4.69, 9.17) is 11.6 Å². The maximum atomic E-state index is 6.31. The molecule has 148 valence electrons. The molecule has 0 radical (unpaired) electrons. The van der Waals surface area contributed by atoms with Crippen LogP contribution in [0.1, 0.15) is 5.56 Å². The highest BCUT2D eigenvalue weighted by Gasteiger charge is 2.14. The molecule has 9 heteroatoms. The van der Waals surface area contributed by atoms with Gasteiger partial charge >= 0.3 is 0 Å². The van der Waals surface area contributed by atoms with Gasteiger partial charge in [-0.25, -0.2) is 15.8 Å². The zero-order valence-electron chi connectivity index (χ0n) is 16.4. The molecule has 8 nitrogen and oxygen atoms in total. The van der Waals surface area contributed by atoms with Gasteiger partial charge in [0.25, 0.3) is 0 Å². The highest BCUT2D eigenvalue weighted by molar-refractivity contribution is 7.54. The highest BCUT2D eigenvalue weighted by atomic mass is 31.1. The molecule has 29 heavy (non-hydrogen) atoms. The van der Waals surface area contributed by atoms with Gasteiger partial charge in [-0.05, 0) is 37.1 Å². The molecule has 0 fully saturated rings. The molecule has 0 spiro atoms. The number of hydrogen-bond acceptors (Lipinski definition) is 7. The number of aromatic nitrogens is 5. The van der Waals surface area contributed by atoms with Crippen molar-refractivity contribution in [2.75, 3.05) is 24.1 Å². The molecule has 0 unspecified atom stereocenters. The fourth-order valence-corrected chi connectivity index (χ4v) is 3.83. The zero-order chi connectivity index (χ0) is 20.4. The van der Waals surface area contributed by atoms with Crippen molar-refractivity contribution in [2.45, 2.75) is 12.8 Å². The van der Waals surface area contributed by atoms with Gasteiger partial charge in [0, 0.05) is 23.3 Å². The van der Waals surface area contributed by atoms with E-state index < -0.39 is 0 Å². The Kier molecular flexibility index (Phi) is 5.38. The maximum absolute atomic E-state index is 6.31. The van der Waals surface area contributed by atoms with Crippen molar-refractivity contribution in [3.05, 3.63) is 60.7 Å². The second-order valence-corrected chi connectivity index (χ2v) is 9.55. The van der Waals surface area contributed by atoms with Crippen molar-refractivity contribution >= 4 is 30.5 Å². The summed E-state index contributed by atoms with van der Waals surface area (Å²) >= 11 is 0. The monoisotopic (exact) mass is 406 g/mol. The number of hydrazine groups is 1. The molecule has 1 aromatic carbocycles. The summed E-state index contributed by atoms with van der Waals surface area (Å²) in [5, 5.41) is 6.99. The number of fused-ring (bicyclic) bond motifs is 1. The van der Waals surface area contributed by atoms with E-state index in [9.17, 15) is 0 Å². The predicted octanol–water partition coefficient (Wildman–Crippen LogP) is 3.05. The van der Waals surface area contributed by atoms with Crippen LogP contribution in [0.2, 0.25) is 0 Å². The minimum absolute atomic E-state index is 0.0836. The molecule has 3 heterocycles. The average Bonchev–Trinajstić information content (AvgIpc) is 3.16. The molecule has 3 aromatic heterocycles. The summed E-state index contributed by atoms with van der Waals surface area (Å²) in [6, 6.07) is 9.99. The summed E-state index contributed by atoms with van der Waals surface area (Å²) in [7, 11) is -0.0836. The topological polar surface area (TPSA) is 112 Å². The van der Waals surface area contributed by atoms with E-state index in [0.717, 1.165) is 28.3 Å². The molecule has 0 aliphatic rings. The van der Waals surface area contributed by atoms with Gasteiger partial charge in [-0.3, -0.25) is 14.7 Å². The summed E-state index contributed by atoms with van der Waals surface area (Å²) < 4.78 is 1.93. The number of pyridine rings is 1. The van der Waals surface area contributed by atoms with Crippen molar-refractivity contribution in [1.29, 1.82) is 0 Å². The Morgan fingerprint density at radius 2 is 2.00 bits per heavy atom. The minimum Gasteiger partial charge on any atom is -0.381 e. The first-order valence-corrected chi connectivity index (χ1v) is 11.6. The molecule has 0 aliphatic heterocycles. The fraction of sp³-hybridized carbons (Fsp3) is 0.200. The first kappa shape index (κ1) is 19.2. The summed E-state index contributed by atoms with van der Waals surface area (Å²) in [5.41, 5.74) is 9.62. The van der Waals surface area contributed by atoms with Crippen LogP contribution >= 0.6 is 7.92 Å². The Hall–Kier alpha value is -3.09. The molecular formula is C20H23N8P. The van der Waals surface area contributed by atoms with Gasteiger partial charge in [-0.1, -0.05) is 20.1 Å². The molecule has 4 rings (SSSR count). The van der Waals surface area contributed by atoms with Gasteiger partial charge in [0.05, 0.1) is 36.4 Å². The first-order valence-electron chi connectivity index (χ1n) is 9.15. The number of hydrogen-bond donors (Lipinski definition) is 2. The van der Waals surface area contributed by atoms with Crippen molar-refractivity contribution in [3.63, 3.8) is 0 Å². The average molecular weight is 406 g/mol. The normalized spacial score (nSPS) is 11.3. The van der Waals surface area contributed by atoms with E-state index in [1.165, 1.54) is 5.01 Å². The third-order valence-electron chi connectivity index (χ3n) is 4.43. The number of nitrogen functional groups attached to an aromatic ring is 1. The van der Waals surface area contributed by atoms with Crippen LogP contribution in [0.4, 0.5) is 11.6 Å². The van der Waals surface area contributed by atoms with Crippen molar-refractivity contribution < 1.29 is 0 Å². The van der Waals surface area contributed by atoms with Gasteiger partial charge in [0.2, 0.25) is 0 Å². The summed E-state index contributed by atoms with van der Waals surface area (Å²) in [5.74, 6) is 7.04. The summed E-state index contributed by atoms with van der Waals surface area (Å²) in [6.45, 7) is 4.88. The first-order chi connectivity index (χ1) is 14.0. The van der Waals surface area contributed by atoms with Gasteiger partial charge < -0.3 is 5.73 Å². The van der Waals surface area contributed by atoms with Gasteiger partial charge in [-0.2, -0.15) is 5.10 Å². The standard InChI is InChI=1S/C20H23N8P/c1-29(2)13-27-12-16(9-25-27)18-10-24-19(21)20(26-18)28(22)11-14-5-6-17-15(8-14)4-3-7-23-17/h3-10,12H,11,13,22H2,1-2H3,(H2,21,24). The van der Waals surface area contributed by atoms with Crippen LogP contribution in [-0.2, 0) is 12.8 Å². The Balaban J connectivity index is 1.58. The second kappa shape index (κ2) is 8.11. The number of nitrogens with zero attached hydrogens (tertiary/aromatic N) is 6. The Labute approximate surface area is 170 Å². The third-order valence-corrected chi connectivity index (χ3v) is 5.29. The highest BCUT2D eigenvalue weighted by Crippen LogP contribution is 2.28. The van der Waals surface area contributed by atoms with E-state index in [0.29, 0.717) is 18.1 Å². The number of rotatable bonds is 6. The predicted molar refractivity (Wildman–Crippen MR) is 119 cm³/mol. The molecule has 4 N–H and O–H groups in total. The smallest absolute Gasteiger partial charge is 0.186 e. The molecule has 0 amide bonds. The number of benzene rings is 1. The Morgan fingerprint density at radius 1 is 1.14 bits per heavy atom. The second-order valence-electron chi connectivity index (χ2n) is 7.11. The van der Waals surface area contributed by atoms with E-state index in [-0.39, 0.29) is 13.7 Å². The van der Waals surface area contributed by atoms with Crippen molar-refractivity contribution in [2.24, 2.45) is 5.84 Å². The van der Waals surface area contributed by atoms with Gasteiger partial charge in [0.1, 0.15) is 0 Å². The molecule has 0 saturated carbocycles. The lowest BCUT2D eigenvalue weighted by molar-refractivity contribution is 0.745. The summed E-state index contributed by atoms with van der Waals surface area (Å²) in [6.07, 6.45) is 8.10. The Morgan fingerprint density at radius 3 is 2.83 bits per heavy atom. The minimum atomic E-state index is -0.0836. The van der Waals surface area contributed by atoms with E-state index >= 15 is 0 Å². The largest absolute Gasteiger partial charge is 0.381 e. The molecule has 0 atom stereocenters. The van der Waals surface area contributed by atoms with Crippen LogP contribution in [0, 0.1) is 0 Å². The summed E-state index contributed by atoms with van der Waals surface area (Å²) in [4.78, 5) is 13.3. The van der Waals surface area contributed by atoms with E-state index in [2.05, 4.69) is 39.4 Å². The molecular weight excluding hydrogens is 383 g/mol. The van der Waals surface area contributed by atoms with Crippen LogP contribution in [0.15, 0.2) is 55.1 Å². The zero-order valence-corrected chi connectivity index (χ0v) is 17.3. The van der Waals surface area contributed by atoms with Gasteiger partial charge in [0.15, 0.2) is 11.6 Å². The van der Waals surface area contributed by atoms with E-state index in [1.807, 2.05) is 35.1 Å². The van der Waals surface area contributed by atoms with Crippen LogP contribution < -0.4 is 16.6 Å². The Bertz CT molecular complexity index is 1140. The van der Waals surface area contributed by atoms with Crippen molar-refractivity contribution in [3.8, 4) is 11.3 Å². The molecule has 0 saturated heterocycles. The SMILES string of the molecule is CP(C)Cn1cc(-c2cnc(N)c(N(N)Cc3ccc4ncccc4c3)n2)cn1. The maximum Gasteiger partial charge on any atom is 0.186 e. The van der Waals surface area contributed by atoms with Crippen LogP contribution in [-0.4, -0.2) is 38.1 Å². The molecule has 0 aliphatic carbocycles. The lowest BCUT2D eigenvalue weighted by Crippen LogP contribution is -2.32. The lowest BCUT2D eigenvalue weighted by atomic mass is 10.1. The third kappa shape index (κ3) is 4.34. The lowest BCUT2D eigenvalue weighted by Gasteiger charge is -2.19. The van der Waals surface area contributed by atoms with Gasteiger partial charge in [-0.15, -0.1) is 0 Å². The number of nitrogens with two attached hydrogens (primary N) is 2. The van der Waals surface area contributed by atoms with Crippen LogP contribution in [0.3, 0.4) is 0 Å². The van der Waals surface area contributed by atoms with Crippen molar-refractivity contribution in [1.82, 2.24) is 24.7 Å². The molecule has 0 bridgehead atoms.